The number of aromatic amines is 1. The molecule has 0 spiro atoms. The smallest absolute Gasteiger partial charge is 0.272 e. The molecule has 6 heteroatoms. The Bertz CT molecular complexity index is 680. The van der Waals surface area contributed by atoms with Gasteiger partial charge >= 0.3 is 0 Å². The van der Waals surface area contributed by atoms with Crippen LogP contribution in [0, 0.1) is 0 Å². The van der Waals surface area contributed by atoms with Gasteiger partial charge in [0.1, 0.15) is 11.5 Å². The Morgan fingerprint density at radius 1 is 1.43 bits per heavy atom. The van der Waals surface area contributed by atoms with Gasteiger partial charge in [-0.05, 0) is 17.7 Å². The molecule has 110 valence electrons. The number of anilines is 1. The Hall–Kier alpha value is -2.01. The first kappa shape index (κ1) is 13.9. The molecule has 2 aromatic rings. The van der Waals surface area contributed by atoms with E-state index in [1.54, 1.807) is 0 Å². The molecule has 1 amide bonds. The minimum absolute atomic E-state index is 0.105. The highest BCUT2D eigenvalue weighted by atomic mass is 35.5. The number of carbonyl (C=O) groups is 1. The highest BCUT2D eigenvalue weighted by Gasteiger charge is 2.27. The van der Waals surface area contributed by atoms with Gasteiger partial charge in [0.2, 0.25) is 0 Å². The van der Waals surface area contributed by atoms with Crippen LogP contribution in [0.2, 0.25) is 5.02 Å². The normalized spacial score (nSPS) is 14.3. The van der Waals surface area contributed by atoms with Crippen molar-refractivity contribution in [1.82, 2.24) is 15.3 Å². The van der Waals surface area contributed by atoms with Gasteiger partial charge < -0.3 is 15.2 Å². The lowest BCUT2D eigenvalue weighted by Crippen LogP contribution is -2.43. The van der Waals surface area contributed by atoms with Gasteiger partial charge in [0.15, 0.2) is 5.82 Å². The van der Waals surface area contributed by atoms with Gasteiger partial charge in [-0.1, -0.05) is 37.6 Å². The summed E-state index contributed by atoms with van der Waals surface area (Å²) in [4.78, 5) is 21.7. The van der Waals surface area contributed by atoms with Crippen LogP contribution < -0.4 is 10.2 Å². The number of halogens is 1. The van der Waals surface area contributed by atoms with Crippen LogP contribution in [0.4, 0.5) is 5.82 Å². The number of imidazole rings is 1. The lowest BCUT2D eigenvalue weighted by atomic mass is 10.2. The van der Waals surface area contributed by atoms with Gasteiger partial charge in [-0.15, -0.1) is 0 Å². The molecule has 0 fully saturated rings. The van der Waals surface area contributed by atoms with E-state index in [1.807, 2.05) is 43.0 Å². The zero-order chi connectivity index (χ0) is 15.0. The fourth-order valence-corrected chi connectivity index (χ4v) is 2.57. The van der Waals surface area contributed by atoms with Crippen LogP contribution in [-0.2, 0) is 6.54 Å². The van der Waals surface area contributed by atoms with Gasteiger partial charge in [0, 0.05) is 17.5 Å². The van der Waals surface area contributed by atoms with Crippen LogP contribution in [0.3, 0.4) is 0 Å². The lowest BCUT2D eigenvalue weighted by molar-refractivity contribution is 0.0942. The number of rotatable bonds is 3. The molecule has 1 aromatic carbocycles. The molecule has 21 heavy (non-hydrogen) atoms. The summed E-state index contributed by atoms with van der Waals surface area (Å²) >= 11 is 6.02. The number of fused-ring (bicyclic) bond motifs is 1. The Labute approximate surface area is 128 Å². The predicted molar refractivity (Wildman–Crippen MR) is 82.6 cm³/mol. The molecular weight excluding hydrogens is 288 g/mol. The third-order valence-corrected chi connectivity index (χ3v) is 3.70. The zero-order valence-electron chi connectivity index (χ0n) is 12.0. The van der Waals surface area contributed by atoms with Crippen molar-refractivity contribution < 1.29 is 4.79 Å². The largest absolute Gasteiger partial charge is 0.336 e. The second-order valence-corrected chi connectivity index (χ2v) is 5.90. The fraction of sp³-hybridized carbons (Fsp3) is 0.333. The number of amides is 1. The molecular formula is C15H17ClN4O. The lowest BCUT2D eigenvalue weighted by Gasteiger charge is -2.27. The molecule has 2 heterocycles. The van der Waals surface area contributed by atoms with E-state index in [4.69, 9.17) is 11.6 Å². The molecule has 5 nitrogen and oxygen atoms in total. The summed E-state index contributed by atoms with van der Waals surface area (Å²) in [6, 6.07) is 7.71. The first-order chi connectivity index (χ1) is 10.0. The molecule has 1 aliphatic heterocycles. The van der Waals surface area contributed by atoms with Crippen molar-refractivity contribution in [2.75, 3.05) is 11.6 Å². The van der Waals surface area contributed by atoms with Gasteiger partial charge in [-0.25, -0.2) is 4.98 Å². The van der Waals surface area contributed by atoms with Gasteiger partial charge in [-0.2, -0.15) is 0 Å². The number of aromatic nitrogens is 2. The van der Waals surface area contributed by atoms with Crippen molar-refractivity contribution in [1.29, 1.82) is 0 Å². The summed E-state index contributed by atoms with van der Waals surface area (Å²) in [5.74, 6) is 1.68. The Morgan fingerprint density at radius 2 is 2.24 bits per heavy atom. The quantitative estimate of drug-likeness (QED) is 0.916. The van der Waals surface area contributed by atoms with E-state index in [9.17, 15) is 4.79 Å². The highest BCUT2D eigenvalue weighted by molar-refractivity contribution is 6.30. The topological polar surface area (TPSA) is 61.0 Å². The van der Waals surface area contributed by atoms with Crippen molar-refractivity contribution in [3.05, 3.63) is 46.4 Å². The minimum atomic E-state index is -0.105. The SMILES string of the molecule is CC(C)c1nc2c([nH]1)C(=O)NCN2Cc1cccc(Cl)c1. The second-order valence-electron chi connectivity index (χ2n) is 5.47. The van der Waals surface area contributed by atoms with Crippen molar-refractivity contribution in [2.24, 2.45) is 0 Å². The van der Waals surface area contributed by atoms with Crippen LogP contribution in [0.5, 0.6) is 0 Å². The zero-order valence-corrected chi connectivity index (χ0v) is 12.7. The van der Waals surface area contributed by atoms with Crippen LogP contribution in [0.25, 0.3) is 0 Å². The Balaban J connectivity index is 1.92. The van der Waals surface area contributed by atoms with E-state index >= 15 is 0 Å². The van der Waals surface area contributed by atoms with E-state index in [-0.39, 0.29) is 11.8 Å². The average molecular weight is 305 g/mol. The van der Waals surface area contributed by atoms with Crippen LogP contribution in [0.15, 0.2) is 24.3 Å². The first-order valence-electron chi connectivity index (χ1n) is 6.92. The van der Waals surface area contributed by atoms with E-state index in [0.29, 0.717) is 29.7 Å². The summed E-state index contributed by atoms with van der Waals surface area (Å²) in [7, 11) is 0. The molecule has 1 aliphatic rings. The molecule has 0 saturated heterocycles. The summed E-state index contributed by atoms with van der Waals surface area (Å²) in [6.45, 7) is 5.18. The van der Waals surface area contributed by atoms with Gasteiger partial charge in [0.05, 0.1) is 6.67 Å². The third kappa shape index (κ3) is 2.74. The van der Waals surface area contributed by atoms with Crippen LogP contribution >= 0.6 is 11.6 Å². The van der Waals surface area contributed by atoms with Gasteiger partial charge in [-0.3, -0.25) is 4.79 Å². The summed E-state index contributed by atoms with van der Waals surface area (Å²) in [6.07, 6.45) is 0. The van der Waals surface area contributed by atoms with E-state index < -0.39 is 0 Å². The number of hydrogen-bond acceptors (Lipinski definition) is 3. The minimum Gasteiger partial charge on any atom is -0.336 e. The number of nitrogens with zero attached hydrogens (tertiary/aromatic N) is 2. The van der Waals surface area contributed by atoms with Crippen molar-refractivity contribution in [3.8, 4) is 0 Å². The number of nitrogens with one attached hydrogen (secondary N) is 2. The molecule has 0 atom stereocenters. The summed E-state index contributed by atoms with van der Waals surface area (Å²) in [5.41, 5.74) is 1.62. The molecule has 0 bridgehead atoms. The first-order valence-corrected chi connectivity index (χ1v) is 7.30. The van der Waals surface area contributed by atoms with Gasteiger partial charge in [0.25, 0.3) is 5.91 Å². The highest BCUT2D eigenvalue weighted by Crippen LogP contribution is 2.26. The fourth-order valence-electron chi connectivity index (χ4n) is 2.36. The average Bonchev–Trinajstić information content (AvgIpc) is 2.88. The second kappa shape index (κ2) is 5.41. The molecule has 0 radical (unpaired) electrons. The number of carbonyl (C=O) groups excluding carboxylic acids is 1. The number of hydrogen-bond donors (Lipinski definition) is 2. The molecule has 1 aromatic heterocycles. The molecule has 0 unspecified atom stereocenters. The van der Waals surface area contributed by atoms with Crippen LogP contribution in [0.1, 0.15) is 41.6 Å². The monoisotopic (exact) mass is 304 g/mol. The summed E-state index contributed by atoms with van der Waals surface area (Å²) < 4.78 is 0. The van der Waals surface area contributed by atoms with E-state index in [2.05, 4.69) is 15.3 Å². The number of benzene rings is 1. The molecule has 0 aliphatic carbocycles. The molecule has 3 rings (SSSR count). The van der Waals surface area contributed by atoms with Crippen molar-refractivity contribution in [3.63, 3.8) is 0 Å². The third-order valence-electron chi connectivity index (χ3n) is 3.47. The molecule has 0 saturated carbocycles. The van der Waals surface area contributed by atoms with E-state index in [0.717, 1.165) is 11.4 Å². The Morgan fingerprint density at radius 3 is 2.95 bits per heavy atom. The standard InChI is InChI=1S/C15H17ClN4O/c1-9(2)13-18-12-14(19-13)20(8-17-15(12)21)7-10-4-3-5-11(16)6-10/h3-6,9H,7-8H2,1-2H3,(H,17,21)(H,18,19). The summed E-state index contributed by atoms with van der Waals surface area (Å²) in [5, 5.41) is 3.57. The number of H-pyrrole nitrogens is 1. The van der Waals surface area contributed by atoms with Crippen molar-refractivity contribution in [2.45, 2.75) is 26.3 Å². The maximum absolute atomic E-state index is 11.9. The van der Waals surface area contributed by atoms with E-state index in [1.165, 1.54) is 0 Å². The maximum Gasteiger partial charge on any atom is 0.272 e. The maximum atomic E-state index is 11.9. The Kier molecular flexibility index (Phi) is 3.59. The predicted octanol–water partition coefficient (Wildman–Crippen LogP) is 2.89. The van der Waals surface area contributed by atoms with Crippen molar-refractivity contribution >= 4 is 23.3 Å². The van der Waals surface area contributed by atoms with Crippen LogP contribution in [-0.4, -0.2) is 22.5 Å². The molecule has 2 N–H and O–H groups in total.